The summed E-state index contributed by atoms with van der Waals surface area (Å²) >= 11 is 0. The van der Waals surface area contributed by atoms with E-state index < -0.39 is 5.97 Å². The molecule has 0 spiro atoms. The van der Waals surface area contributed by atoms with Gasteiger partial charge >= 0.3 is 5.97 Å². The first-order valence-electron chi connectivity index (χ1n) is 4.28. The minimum atomic E-state index is -0.407. The summed E-state index contributed by atoms with van der Waals surface area (Å²) in [5, 5.41) is 6.56. The van der Waals surface area contributed by atoms with Crippen LogP contribution in [0.5, 0.6) is 0 Å². The predicted octanol–water partition coefficient (Wildman–Crippen LogP) is 1.13. The molecule has 2 aromatic heterocycles. The molecule has 0 saturated heterocycles. The molecule has 2 rings (SSSR count). The van der Waals surface area contributed by atoms with Gasteiger partial charge in [0.15, 0.2) is 0 Å². The fourth-order valence-electron chi connectivity index (χ4n) is 1.15. The fourth-order valence-corrected chi connectivity index (χ4v) is 1.15. The van der Waals surface area contributed by atoms with Gasteiger partial charge in [0.05, 0.1) is 18.3 Å². The maximum atomic E-state index is 11.3. The average Bonchev–Trinajstić information content (AvgIpc) is 2.64. The number of hydrogen-bond acceptors (Lipinski definition) is 4. The monoisotopic (exact) mass is 191 g/mol. The molecule has 72 valence electrons. The van der Waals surface area contributed by atoms with Crippen molar-refractivity contribution in [2.24, 2.45) is 0 Å². The molecule has 5 nitrogen and oxygen atoms in total. The maximum Gasteiger partial charge on any atom is 0.356 e. The lowest BCUT2D eigenvalue weighted by Gasteiger charge is -1.99. The van der Waals surface area contributed by atoms with Gasteiger partial charge in [-0.25, -0.2) is 9.78 Å². The molecule has 2 heterocycles. The van der Waals surface area contributed by atoms with Gasteiger partial charge in [-0.15, -0.1) is 0 Å². The second-order valence-electron chi connectivity index (χ2n) is 2.72. The molecule has 0 fully saturated rings. The number of carbonyl (C=O) groups excluding carboxylic acids is 1. The summed E-state index contributed by atoms with van der Waals surface area (Å²) in [5.74, 6) is -0.407. The van der Waals surface area contributed by atoms with Crippen LogP contribution in [0.2, 0.25) is 0 Å². The molecule has 0 aliphatic heterocycles. The molecule has 0 aliphatic rings. The van der Waals surface area contributed by atoms with Crippen LogP contribution < -0.4 is 0 Å². The van der Waals surface area contributed by atoms with Gasteiger partial charge in [-0.2, -0.15) is 5.10 Å². The van der Waals surface area contributed by atoms with Crippen molar-refractivity contribution in [2.45, 2.75) is 6.92 Å². The molecule has 0 atom stereocenters. The van der Waals surface area contributed by atoms with Gasteiger partial charge < -0.3 is 4.74 Å². The van der Waals surface area contributed by atoms with Gasteiger partial charge in [0.2, 0.25) is 0 Å². The molecule has 0 radical (unpaired) electrons. The van der Waals surface area contributed by atoms with E-state index in [9.17, 15) is 4.79 Å². The van der Waals surface area contributed by atoms with Crippen molar-refractivity contribution in [3.8, 4) is 0 Å². The number of esters is 1. The molecule has 0 aromatic carbocycles. The highest BCUT2D eigenvalue weighted by Gasteiger charge is 2.08. The Morgan fingerprint density at radius 3 is 3.21 bits per heavy atom. The van der Waals surface area contributed by atoms with E-state index in [0.717, 1.165) is 5.52 Å². The number of fused-ring (bicyclic) bond motifs is 1. The number of hydrogen-bond donors (Lipinski definition) is 1. The number of rotatable bonds is 2. The summed E-state index contributed by atoms with van der Waals surface area (Å²) in [6.45, 7) is 2.11. The summed E-state index contributed by atoms with van der Waals surface area (Å²) in [5.41, 5.74) is 1.77. The average molecular weight is 191 g/mol. The number of aromatic amines is 1. The van der Waals surface area contributed by atoms with Gasteiger partial charge in [0, 0.05) is 0 Å². The smallest absolute Gasteiger partial charge is 0.356 e. The van der Waals surface area contributed by atoms with Crippen molar-refractivity contribution in [3.63, 3.8) is 0 Å². The summed E-state index contributed by atoms with van der Waals surface area (Å²) in [7, 11) is 0. The van der Waals surface area contributed by atoms with E-state index in [-0.39, 0.29) is 0 Å². The summed E-state index contributed by atoms with van der Waals surface area (Å²) in [6.07, 6.45) is 1.57. The third-order valence-electron chi connectivity index (χ3n) is 1.78. The maximum absolute atomic E-state index is 11.3. The molecule has 0 unspecified atom stereocenters. The SMILES string of the molecule is CCOC(=O)c1ccc2[nH]ncc2n1. The molecular formula is C9H9N3O2. The van der Waals surface area contributed by atoms with Crippen LogP contribution in [-0.4, -0.2) is 27.8 Å². The Balaban J connectivity index is 2.38. The van der Waals surface area contributed by atoms with Crippen LogP contribution in [0, 0.1) is 0 Å². The van der Waals surface area contributed by atoms with E-state index in [0.29, 0.717) is 17.8 Å². The predicted molar refractivity (Wildman–Crippen MR) is 49.8 cm³/mol. The number of pyridine rings is 1. The van der Waals surface area contributed by atoms with Crippen LogP contribution in [0.15, 0.2) is 18.3 Å². The molecule has 14 heavy (non-hydrogen) atoms. The van der Waals surface area contributed by atoms with E-state index in [2.05, 4.69) is 15.2 Å². The van der Waals surface area contributed by atoms with E-state index >= 15 is 0 Å². The van der Waals surface area contributed by atoms with Crippen LogP contribution in [0.25, 0.3) is 11.0 Å². The molecule has 0 amide bonds. The van der Waals surface area contributed by atoms with Crippen LogP contribution in [-0.2, 0) is 4.74 Å². The van der Waals surface area contributed by atoms with Crippen molar-refractivity contribution in [3.05, 3.63) is 24.0 Å². The Labute approximate surface area is 80.1 Å². The normalized spacial score (nSPS) is 10.4. The summed E-state index contributed by atoms with van der Waals surface area (Å²) in [4.78, 5) is 15.4. The lowest BCUT2D eigenvalue weighted by atomic mass is 10.3. The third-order valence-corrected chi connectivity index (χ3v) is 1.78. The standard InChI is InChI=1S/C9H9N3O2/c1-2-14-9(13)7-4-3-6-8(11-7)5-10-12-6/h3-5H,2H2,1H3,(H,10,12). The number of nitrogens with one attached hydrogen (secondary N) is 1. The number of nitrogens with zero attached hydrogens (tertiary/aromatic N) is 2. The number of aromatic nitrogens is 3. The number of ether oxygens (including phenoxy) is 1. The molecule has 0 aliphatic carbocycles. The van der Waals surface area contributed by atoms with Crippen LogP contribution in [0.4, 0.5) is 0 Å². The van der Waals surface area contributed by atoms with Gasteiger partial charge in [-0.1, -0.05) is 0 Å². The minimum absolute atomic E-state index is 0.306. The Morgan fingerprint density at radius 1 is 1.57 bits per heavy atom. The highest BCUT2D eigenvalue weighted by atomic mass is 16.5. The van der Waals surface area contributed by atoms with Crippen LogP contribution >= 0.6 is 0 Å². The second kappa shape index (κ2) is 3.45. The number of carbonyl (C=O) groups is 1. The molecule has 0 bridgehead atoms. The van der Waals surface area contributed by atoms with Crippen molar-refractivity contribution >= 4 is 17.0 Å². The zero-order valence-corrected chi connectivity index (χ0v) is 7.65. The zero-order valence-electron chi connectivity index (χ0n) is 7.65. The Bertz CT molecular complexity index is 464. The first-order valence-corrected chi connectivity index (χ1v) is 4.28. The van der Waals surface area contributed by atoms with Gasteiger partial charge in [0.1, 0.15) is 11.2 Å². The zero-order chi connectivity index (χ0) is 9.97. The molecule has 2 aromatic rings. The molecular weight excluding hydrogens is 182 g/mol. The third kappa shape index (κ3) is 1.44. The number of H-pyrrole nitrogens is 1. The molecule has 5 heteroatoms. The first-order chi connectivity index (χ1) is 6.81. The highest BCUT2D eigenvalue weighted by Crippen LogP contribution is 2.08. The van der Waals surface area contributed by atoms with E-state index in [1.165, 1.54) is 0 Å². The Morgan fingerprint density at radius 2 is 2.43 bits per heavy atom. The summed E-state index contributed by atoms with van der Waals surface area (Å²) in [6, 6.07) is 3.36. The lowest BCUT2D eigenvalue weighted by Crippen LogP contribution is -2.06. The Kier molecular flexibility index (Phi) is 2.14. The Hall–Kier alpha value is -1.91. The van der Waals surface area contributed by atoms with Crippen molar-refractivity contribution in [2.75, 3.05) is 6.61 Å². The molecule has 1 N–H and O–H groups in total. The van der Waals surface area contributed by atoms with Crippen LogP contribution in [0.1, 0.15) is 17.4 Å². The van der Waals surface area contributed by atoms with Gasteiger partial charge in [-0.05, 0) is 19.1 Å². The van der Waals surface area contributed by atoms with Crippen molar-refractivity contribution in [1.29, 1.82) is 0 Å². The van der Waals surface area contributed by atoms with Gasteiger partial charge in [0.25, 0.3) is 0 Å². The first kappa shape index (κ1) is 8.68. The molecule has 0 saturated carbocycles. The highest BCUT2D eigenvalue weighted by molar-refractivity contribution is 5.90. The van der Waals surface area contributed by atoms with E-state index in [4.69, 9.17) is 4.74 Å². The van der Waals surface area contributed by atoms with Crippen LogP contribution in [0.3, 0.4) is 0 Å². The van der Waals surface area contributed by atoms with Gasteiger partial charge in [-0.3, -0.25) is 5.10 Å². The minimum Gasteiger partial charge on any atom is -0.461 e. The van der Waals surface area contributed by atoms with E-state index in [1.807, 2.05) is 0 Å². The quantitative estimate of drug-likeness (QED) is 0.722. The largest absolute Gasteiger partial charge is 0.461 e. The van der Waals surface area contributed by atoms with Crippen molar-refractivity contribution < 1.29 is 9.53 Å². The lowest BCUT2D eigenvalue weighted by molar-refractivity contribution is 0.0520. The van der Waals surface area contributed by atoms with E-state index in [1.54, 1.807) is 25.3 Å². The fraction of sp³-hybridized carbons (Fsp3) is 0.222. The second-order valence-corrected chi connectivity index (χ2v) is 2.72. The summed E-state index contributed by atoms with van der Waals surface area (Å²) < 4.78 is 4.82. The topological polar surface area (TPSA) is 67.9 Å². The van der Waals surface area contributed by atoms with Crippen molar-refractivity contribution in [1.82, 2.24) is 15.2 Å².